The topological polar surface area (TPSA) is 26.0 Å². The van der Waals surface area contributed by atoms with Gasteiger partial charge in [0.25, 0.3) is 0 Å². The maximum absolute atomic E-state index is 6.79. The molecule has 0 aromatic carbocycles. The fourth-order valence-electron chi connectivity index (χ4n) is 3.54. The summed E-state index contributed by atoms with van der Waals surface area (Å²) in [6.07, 6.45) is 5.98. The highest BCUT2D eigenvalue weighted by molar-refractivity contribution is 7.16. The van der Waals surface area contributed by atoms with Crippen molar-refractivity contribution in [3.63, 3.8) is 0 Å². The van der Waals surface area contributed by atoms with Crippen LogP contribution in [0.2, 0.25) is 4.34 Å². The summed E-state index contributed by atoms with van der Waals surface area (Å²) in [7, 11) is 0. The Kier molecular flexibility index (Phi) is 4.10. The van der Waals surface area contributed by atoms with Crippen molar-refractivity contribution in [3.8, 4) is 0 Å². The van der Waals surface area contributed by atoms with Gasteiger partial charge in [0.05, 0.1) is 4.34 Å². The summed E-state index contributed by atoms with van der Waals surface area (Å²) in [5.74, 6) is 0.597. The van der Waals surface area contributed by atoms with Crippen LogP contribution in [0, 0.1) is 11.3 Å². The van der Waals surface area contributed by atoms with E-state index < -0.39 is 0 Å². The Balaban J connectivity index is 2.20. The minimum Gasteiger partial charge on any atom is -0.325 e. The zero-order chi connectivity index (χ0) is 13.4. The van der Waals surface area contributed by atoms with Crippen molar-refractivity contribution >= 4 is 22.9 Å². The van der Waals surface area contributed by atoms with Crippen LogP contribution >= 0.6 is 22.9 Å². The lowest BCUT2D eigenvalue weighted by atomic mass is 9.61. The van der Waals surface area contributed by atoms with Crippen molar-refractivity contribution in [1.82, 2.24) is 0 Å². The maximum atomic E-state index is 6.79. The van der Waals surface area contributed by atoms with Crippen LogP contribution < -0.4 is 5.73 Å². The lowest BCUT2D eigenvalue weighted by molar-refractivity contribution is 0.0798. The molecule has 1 nitrogen and oxygen atoms in total. The van der Waals surface area contributed by atoms with E-state index in [0.717, 1.165) is 17.2 Å². The summed E-state index contributed by atoms with van der Waals surface area (Å²) >= 11 is 7.71. The molecular weight excluding hydrogens is 262 g/mol. The zero-order valence-corrected chi connectivity index (χ0v) is 13.2. The molecule has 1 heterocycles. The highest BCUT2D eigenvalue weighted by atomic mass is 35.5. The monoisotopic (exact) mass is 285 g/mol. The Morgan fingerprint density at radius 1 is 1.39 bits per heavy atom. The molecular formula is C15H24ClNS. The predicted octanol–water partition coefficient (Wildman–Crippen LogP) is 4.88. The molecule has 0 radical (unpaired) electrons. The van der Waals surface area contributed by atoms with E-state index in [1.807, 2.05) is 6.07 Å². The highest BCUT2D eigenvalue weighted by Gasteiger charge is 2.43. The standard InChI is InChI=1S/C15H24ClNS/c1-14(2,3)12-6-4-5-9-15(12,17)10-11-7-8-13(16)18-11/h7-8,12H,4-6,9-10,17H2,1-3H3. The first-order valence-corrected chi connectivity index (χ1v) is 8.04. The molecule has 18 heavy (non-hydrogen) atoms. The lowest BCUT2D eigenvalue weighted by Crippen LogP contribution is -2.55. The molecule has 1 aliphatic carbocycles. The average molecular weight is 286 g/mol. The fraction of sp³-hybridized carbons (Fsp3) is 0.733. The largest absolute Gasteiger partial charge is 0.325 e. The van der Waals surface area contributed by atoms with Gasteiger partial charge in [0.2, 0.25) is 0 Å². The first-order chi connectivity index (χ1) is 8.31. The Labute approximate surface area is 120 Å². The summed E-state index contributed by atoms with van der Waals surface area (Å²) < 4.78 is 0.872. The quantitative estimate of drug-likeness (QED) is 0.823. The van der Waals surface area contributed by atoms with Gasteiger partial charge in [-0.15, -0.1) is 11.3 Å². The van der Waals surface area contributed by atoms with E-state index in [1.165, 1.54) is 24.1 Å². The van der Waals surface area contributed by atoms with Crippen LogP contribution in [0.15, 0.2) is 12.1 Å². The van der Waals surface area contributed by atoms with Crippen LogP contribution in [0.25, 0.3) is 0 Å². The molecule has 1 saturated carbocycles. The second-order valence-electron chi connectivity index (χ2n) is 6.78. The minimum absolute atomic E-state index is 0.0509. The van der Waals surface area contributed by atoms with Crippen molar-refractivity contribution in [2.24, 2.45) is 17.1 Å². The smallest absolute Gasteiger partial charge is 0.0931 e. The third-order valence-corrected chi connectivity index (χ3v) is 5.49. The number of hydrogen-bond acceptors (Lipinski definition) is 2. The van der Waals surface area contributed by atoms with Gasteiger partial charge < -0.3 is 5.73 Å². The Hall–Kier alpha value is -0.0500. The van der Waals surface area contributed by atoms with Crippen LogP contribution in [0.4, 0.5) is 0 Å². The van der Waals surface area contributed by atoms with E-state index in [4.69, 9.17) is 17.3 Å². The molecule has 102 valence electrons. The molecule has 2 atom stereocenters. The van der Waals surface area contributed by atoms with Crippen molar-refractivity contribution in [1.29, 1.82) is 0 Å². The van der Waals surface area contributed by atoms with Gasteiger partial charge in [0, 0.05) is 16.8 Å². The predicted molar refractivity (Wildman–Crippen MR) is 81.4 cm³/mol. The molecule has 1 fully saturated rings. The van der Waals surface area contributed by atoms with Gasteiger partial charge in [-0.25, -0.2) is 0 Å². The number of rotatable bonds is 2. The third-order valence-electron chi connectivity index (χ3n) is 4.26. The SMILES string of the molecule is CC(C)(C)C1CCCCC1(N)Cc1ccc(Cl)s1. The molecule has 3 heteroatoms. The Morgan fingerprint density at radius 3 is 2.67 bits per heavy atom. The summed E-state index contributed by atoms with van der Waals surface area (Å²) in [6.45, 7) is 6.98. The van der Waals surface area contributed by atoms with Crippen LogP contribution in [0.5, 0.6) is 0 Å². The van der Waals surface area contributed by atoms with Crippen molar-refractivity contribution in [2.45, 2.75) is 58.4 Å². The molecule has 2 rings (SSSR count). The fourth-order valence-corrected chi connectivity index (χ4v) is 4.77. The lowest BCUT2D eigenvalue weighted by Gasteiger charge is -2.48. The third kappa shape index (κ3) is 3.09. The van der Waals surface area contributed by atoms with Gasteiger partial charge in [0.15, 0.2) is 0 Å². The van der Waals surface area contributed by atoms with Gasteiger partial charge in [-0.2, -0.15) is 0 Å². The summed E-state index contributed by atoms with van der Waals surface area (Å²) in [4.78, 5) is 1.33. The van der Waals surface area contributed by atoms with Gasteiger partial charge in [0.1, 0.15) is 0 Å². The first-order valence-electron chi connectivity index (χ1n) is 6.84. The van der Waals surface area contributed by atoms with Crippen LogP contribution in [-0.2, 0) is 6.42 Å². The van der Waals surface area contributed by atoms with Crippen LogP contribution in [-0.4, -0.2) is 5.54 Å². The van der Waals surface area contributed by atoms with Crippen LogP contribution in [0.1, 0.15) is 51.3 Å². The van der Waals surface area contributed by atoms with Gasteiger partial charge in [-0.3, -0.25) is 0 Å². The van der Waals surface area contributed by atoms with Crippen LogP contribution in [0.3, 0.4) is 0 Å². The van der Waals surface area contributed by atoms with Crippen molar-refractivity contribution in [3.05, 3.63) is 21.3 Å². The van der Waals surface area contributed by atoms with Crippen molar-refractivity contribution < 1.29 is 0 Å². The summed E-state index contributed by atoms with van der Waals surface area (Å²) in [5, 5.41) is 0. The maximum Gasteiger partial charge on any atom is 0.0931 e. The van der Waals surface area contributed by atoms with E-state index in [2.05, 4.69) is 26.8 Å². The molecule has 0 aliphatic heterocycles. The first kappa shape index (κ1) is 14.4. The molecule has 0 amide bonds. The summed E-state index contributed by atoms with van der Waals surface area (Å²) in [6, 6.07) is 4.12. The summed E-state index contributed by atoms with van der Waals surface area (Å²) in [5.41, 5.74) is 7.03. The van der Waals surface area contributed by atoms with E-state index in [1.54, 1.807) is 11.3 Å². The zero-order valence-electron chi connectivity index (χ0n) is 11.6. The molecule has 1 aromatic heterocycles. The Bertz CT molecular complexity index is 407. The molecule has 0 spiro atoms. The van der Waals surface area contributed by atoms with Crippen molar-refractivity contribution in [2.75, 3.05) is 0 Å². The average Bonchev–Trinajstić information content (AvgIpc) is 2.62. The molecule has 0 saturated heterocycles. The second kappa shape index (κ2) is 5.15. The number of nitrogens with two attached hydrogens (primary N) is 1. The molecule has 2 unspecified atom stereocenters. The van der Waals surface area contributed by atoms with E-state index in [0.29, 0.717) is 5.92 Å². The molecule has 0 bridgehead atoms. The van der Waals surface area contributed by atoms with Gasteiger partial charge in [-0.05, 0) is 36.3 Å². The number of thiophene rings is 1. The number of halogens is 1. The number of hydrogen-bond donors (Lipinski definition) is 1. The van der Waals surface area contributed by atoms with Gasteiger partial charge in [-0.1, -0.05) is 45.2 Å². The normalized spacial score (nSPS) is 29.5. The van der Waals surface area contributed by atoms with E-state index >= 15 is 0 Å². The second-order valence-corrected chi connectivity index (χ2v) is 8.58. The Morgan fingerprint density at radius 2 is 2.11 bits per heavy atom. The van der Waals surface area contributed by atoms with E-state index in [9.17, 15) is 0 Å². The van der Waals surface area contributed by atoms with Gasteiger partial charge >= 0.3 is 0 Å². The molecule has 1 aromatic rings. The highest BCUT2D eigenvalue weighted by Crippen LogP contribution is 2.45. The van der Waals surface area contributed by atoms with E-state index in [-0.39, 0.29) is 11.0 Å². The molecule has 1 aliphatic rings. The minimum atomic E-state index is -0.0509. The molecule has 2 N–H and O–H groups in total.